The summed E-state index contributed by atoms with van der Waals surface area (Å²) in [6.07, 6.45) is 4.32. The van der Waals surface area contributed by atoms with E-state index in [1.807, 2.05) is 24.3 Å². The molecule has 1 amide bonds. The van der Waals surface area contributed by atoms with Gasteiger partial charge in [-0.2, -0.15) is 0 Å². The van der Waals surface area contributed by atoms with E-state index in [2.05, 4.69) is 26.1 Å². The lowest BCUT2D eigenvalue weighted by molar-refractivity contribution is -0.116. The highest BCUT2D eigenvalue weighted by Gasteiger charge is 2.09. The van der Waals surface area contributed by atoms with Crippen LogP contribution in [0.15, 0.2) is 30.3 Å². The lowest BCUT2D eigenvalue weighted by Gasteiger charge is -2.17. The number of amides is 1. The van der Waals surface area contributed by atoms with Crippen LogP contribution in [0.4, 0.5) is 0 Å². The topological polar surface area (TPSA) is 38.3 Å². The lowest BCUT2D eigenvalue weighted by Crippen LogP contribution is -2.25. The van der Waals surface area contributed by atoms with E-state index >= 15 is 0 Å². The van der Waals surface area contributed by atoms with Gasteiger partial charge in [0, 0.05) is 12.6 Å². The molecule has 0 radical (unpaired) electrons. The first kappa shape index (κ1) is 15.3. The van der Waals surface area contributed by atoms with Crippen LogP contribution in [0.5, 0.6) is 5.75 Å². The summed E-state index contributed by atoms with van der Waals surface area (Å²) in [5, 5.41) is 2.88. The molecule has 3 nitrogen and oxygen atoms in total. The van der Waals surface area contributed by atoms with Gasteiger partial charge in [-0.25, -0.2) is 0 Å². The maximum Gasteiger partial charge on any atom is 0.243 e. The Balaban J connectivity index is 2.40. The van der Waals surface area contributed by atoms with Crippen molar-refractivity contribution in [3.05, 3.63) is 35.9 Å². The first-order chi connectivity index (χ1) is 8.90. The molecular formula is C16H23NO2. The zero-order chi connectivity index (χ0) is 14.3. The summed E-state index contributed by atoms with van der Waals surface area (Å²) in [5.74, 6) is 0.756. The van der Waals surface area contributed by atoms with Gasteiger partial charge in [0.15, 0.2) is 0 Å². The van der Waals surface area contributed by atoms with E-state index in [1.165, 1.54) is 0 Å². The molecule has 3 heteroatoms. The van der Waals surface area contributed by atoms with E-state index in [0.29, 0.717) is 6.54 Å². The van der Waals surface area contributed by atoms with Crippen molar-refractivity contribution in [1.82, 2.24) is 5.32 Å². The third-order valence-electron chi connectivity index (χ3n) is 2.72. The second-order valence-electron chi connectivity index (χ2n) is 5.71. The summed E-state index contributed by atoms with van der Waals surface area (Å²) < 4.78 is 5.08. The smallest absolute Gasteiger partial charge is 0.243 e. The molecule has 104 valence electrons. The van der Waals surface area contributed by atoms with Crippen LogP contribution in [-0.4, -0.2) is 19.6 Å². The summed E-state index contributed by atoms with van der Waals surface area (Å²) in [7, 11) is 1.63. The molecule has 1 aromatic carbocycles. The summed E-state index contributed by atoms with van der Waals surface area (Å²) >= 11 is 0. The first-order valence-corrected chi connectivity index (χ1v) is 6.51. The minimum absolute atomic E-state index is 0.0555. The van der Waals surface area contributed by atoms with E-state index in [1.54, 1.807) is 19.3 Å². The zero-order valence-electron chi connectivity index (χ0n) is 12.2. The van der Waals surface area contributed by atoms with Crippen molar-refractivity contribution < 1.29 is 9.53 Å². The van der Waals surface area contributed by atoms with Gasteiger partial charge in [0.25, 0.3) is 0 Å². The van der Waals surface area contributed by atoms with Crippen molar-refractivity contribution in [2.45, 2.75) is 27.2 Å². The molecule has 0 aliphatic rings. The third-order valence-corrected chi connectivity index (χ3v) is 2.72. The molecule has 1 N–H and O–H groups in total. The number of nitrogens with one attached hydrogen (secondary N) is 1. The van der Waals surface area contributed by atoms with Gasteiger partial charge in [0.1, 0.15) is 5.75 Å². The molecule has 0 aliphatic heterocycles. The van der Waals surface area contributed by atoms with Crippen LogP contribution in [0.25, 0.3) is 6.08 Å². The lowest BCUT2D eigenvalue weighted by atomic mass is 9.92. The third kappa shape index (κ3) is 6.65. The van der Waals surface area contributed by atoms with Gasteiger partial charge < -0.3 is 10.1 Å². The van der Waals surface area contributed by atoms with E-state index in [4.69, 9.17) is 4.74 Å². The van der Waals surface area contributed by atoms with Gasteiger partial charge in [-0.05, 0) is 35.6 Å². The van der Waals surface area contributed by atoms with Crippen molar-refractivity contribution in [2.24, 2.45) is 5.41 Å². The maximum absolute atomic E-state index is 11.6. The number of hydrogen-bond donors (Lipinski definition) is 1. The van der Waals surface area contributed by atoms with Gasteiger partial charge in [0.05, 0.1) is 7.11 Å². The molecule has 0 heterocycles. The second-order valence-corrected chi connectivity index (χ2v) is 5.71. The monoisotopic (exact) mass is 261 g/mol. The SMILES string of the molecule is COc1ccc(/C=C/C(=O)NCCC(C)(C)C)cc1. The van der Waals surface area contributed by atoms with Crippen molar-refractivity contribution >= 4 is 12.0 Å². The quantitative estimate of drug-likeness (QED) is 0.826. The highest BCUT2D eigenvalue weighted by atomic mass is 16.5. The molecule has 0 aliphatic carbocycles. The molecule has 0 saturated heterocycles. The summed E-state index contributed by atoms with van der Waals surface area (Å²) in [6, 6.07) is 7.57. The normalized spacial score (nSPS) is 11.6. The molecule has 1 aromatic rings. The Kier molecular flexibility index (Phi) is 5.61. The number of ether oxygens (including phenoxy) is 1. The Morgan fingerprint density at radius 2 is 1.89 bits per heavy atom. The average Bonchev–Trinajstić information content (AvgIpc) is 2.35. The number of rotatable bonds is 5. The summed E-state index contributed by atoms with van der Waals surface area (Å²) in [5.41, 5.74) is 1.22. The minimum Gasteiger partial charge on any atom is -0.497 e. The molecule has 0 bridgehead atoms. The van der Waals surface area contributed by atoms with Crippen LogP contribution in [0.1, 0.15) is 32.8 Å². The van der Waals surface area contributed by atoms with Gasteiger partial charge in [-0.1, -0.05) is 32.9 Å². The Morgan fingerprint density at radius 1 is 1.26 bits per heavy atom. The highest BCUT2D eigenvalue weighted by Crippen LogP contribution is 2.17. The van der Waals surface area contributed by atoms with Crippen LogP contribution in [0.3, 0.4) is 0 Å². The van der Waals surface area contributed by atoms with E-state index in [-0.39, 0.29) is 11.3 Å². The molecular weight excluding hydrogens is 238 g/mol. The van der Waals surface area contributed by atoms with Gasteiger partial charge in [0.2, 0.25) is 5.91 Å². The Morgan fingerprint density at radius 3 is 2.42 bits per heavy atom. The molecule has 0 saturated carbocycles. The van der Waals surface area contributed by atoms with E-state index in [0.717, 1.165) is 17.7 Å². The molecule has 1 rings (SSSR count). The van der Waals surface area contributed by atoms with Gasteiger partial charge in [-0.3, -0.25) is 4.79 Å². The molecule has 0 unspecified atom stereocenters. The van der Waals surface area contributed by atoms with Crippen LogP contribution in [0, 0.1) is 5.41 Å². The Labute approximate surface area is 115 Å². The molecule has 0 aromatic heterocycles. The van der Waals surface area contributed by atoms with Crippen molar-refractivity contribution in [3.8, 4) is 5.75 Å². The van der Waals surface area contributed by atoms with Gasteiger partial charge in [-0.15, -0.1) is 0 Å². The van der Waals surface area contributed by atoms with Crippen LogP contribution >= 0.6 is 0 Å². The fourth-order valence-corrected chi connectivity index (χ4v) is 1.51. The largest absolute Gasteiger partial charge is 0.497 e. The predicted octanol–water partition coefficient (Wildman–Crippen LogP) is 3.26. The maximum atomic E-state index is 11.6. The highest BCUT2D eigenvalue weighted by molar-refractivity contribution is 5.91. The number of benzene rings is 1. The molecule has 0 atom stereocenters. The van der Waals surface area contributed by atoms with Crippen molar-refractivity contribution in [3.63, 3.8) is 0 Å². The molecule has 0 spiro atoms. The predicted molar refractivity (Wildman–Crippen MR) is 79.1 cm³/mol. The molecule has 0 fully saturated rings. The summed E-state index contributed by atoms with van der Waals surface area (Å²) in [4.78, 5) is 11.6. The first-order valence-electron chi connectivity index (χ1n) is 6.51. The Bertz CT molecular complexity index is 427. The van der Waals surface area contributed by atoms with Crippen molar-refractivity contribution in [1.29, 1.82) is 0 Å². The minimum atomic E-state index is -0.0555. The van der Waals surface area contributed by atoms with Crippen LogP contribution < -0.4 is 10.1 Å². The zero-order valence-corrected chi connectivity index (χ0v) is 12.2. The standard InChI is InChI=1S/C16H23NO2/c1-16(2,3)11-12-17-15(18)10-7-13-5-8-14(19-4)9-6-13/h5-10H,11-12H2,1-4H3,(H,17,18)/b10-7+. The molecule has 19 heavy (non-hydrogen) atoms. The van der Waals surface area contributed by atoms with Crippen LogP contribution in [-0.2, 0) is 4.79 Å². The Hall–Kier alpha value is -1.77. The fourth-order valence-electron chi connectivity index (χ4n) is 1.51. The fraction of sp³-hybridized carbons (Fsp3) is 0.438. The van der Waals surface area contributed by atoms with Gasteiger partial charge >= 0.3 is 0 Å². The average molecular weight is 261 g/mol. The van der Waals surface area contributed by atoms with Crippen LogP contribution in [0.2, 0.25) is 0 Å². The van der Waals surface area contributed by atoms with E-state index < -0.39 is 0 Å². The van der Waals surface area contributed by atoms with Crippen molar-refractivity contribution in [2.75, 3.05) is 13.7 Å². The summed E-state index contributed by atoms with van der Waals surface area (Å²) in [6.45, 7) is 7.18. The number of carbonyl (C=O) groups excluding carboxylic acids is 1. The number of methoxy groups -OCH3 is 1. The number of carbonyl (C=O) groups is 1. The van der Waals surface area contributed by atoms with E-state index in [9.17, 15) is 4.79 Å². The second kappa shape index (κ2) is 6.98. The number of hydrogen-bond acceptors (Lipinski definition) is 2.